The molecule has 2 rings (SSSR count). The van der Waals surface area contributed by atoms with Crippen molar-refractivity contribution >= 4 is 27.5 Å². The molecular weight excluding hydrogens is 340 g/mol. The van der Waals surface area contributed by atoms with Crippen LogP contribution in [0.15, 0.2) is 28.9 Å². The predicted octanol–water partition coefficient (Wildman–Crippen LogP) is 5.29. The molecule has 0 N–H and O–H groups in total. The molecule has 0 amide bonds. The highest BCUT2D eigenvalue weighted by molar-refractivity contribution is 9.10. The molecular formula is C15H16BrClN2O. The van der Waals surface area contributed by atoms with Crippen molar-refractivity contribution in [3.05, 3.63) is 45.3 Å². The van der Waals surface area contributed by atoms with Gasteiger partial charge in [-0.2, -0.15) is 4.98 Å². The first kappa shape index (κ1) is 15.3. The number of halogens is 2. The van der Waals surface area contributed by atoms with E-state index in [2.05, 4.69) is 58.8 Å². The van der Waals surface area contributed by atoms with Gasteiger partial charge in [-0.1, -0.05) is 32.9 Å². The van der Waals surface area contributed by atoms with Crippen molar-refractivity contribution in [2.45, 2.75) is 33.1 Å². The fourth-order valence-corrected chi connectivity index (χ4v) is 2.24. The van der Waals surface area contributed by atoms with Gasteiger partial charge in [0.05, 0.1) is 4.47 Å². The molecule has 0 unspecified atom stereocenters. The van der Waals surface area contributed by atoms with Crippen molar-refractivity contribution in [3.63, 3.8) is 0 Å². The van der Waals surface area contributed by atoms with Gasteiger partial charge in [0.15, 0.2) is 0 Å². The van der Waals surface area contributed by atoms with Crippen LogP contribution >= 0.6 is 27.5 Å². The molecule has 0 saturated heterocycles. The molecule has 5 heteroatoms. The Morgan fingerprint density at radius 1 is 1.25 bits per heavy atom. The quantitative estimate of drug-likeness (QED) is 0.686. The molecule has 0 fully saturated rings. The van der Waals surface area contributed by atoms with E-state index in [4.69, 9.17) is 16.3 Å². The fraction of sp³-hybridized carbons (Fsp3) is 0.333. The molecule has 1 aromatic carbocycles. The van der Waals surface area contributed by atoms with Crippen LogP contribution in [0.1, 0.15) is 31.9 Å². The van der Waals surface area contributed by atoms with Crippen LogP contribution in [0.25, 0.3) is 0 Å². The number of nitrogens with zero attached hydrogens (tertiary/aromatic N) is 2. The summed E-state index contributed by atoms with van der Waals surface area (Å²) in [4.78, 5) is 8.00. The van der Waals surface area contributed by atoms with Crippen LogP contribution in [0.2, 0.25) is 5.28 Å². The molecule has 0 atom stereocenters. The summed E-state index contributed by atoms with van der Waals surface area (Å²) in [6, 6.07) is 6.17. The number of hydrogen-bond donors (Lipinski definition) is 0. The lowest BCUT2D eigenvalue weighted by molar-refractivity contribution is 0.435. The van der Waals surface area contributed by atoms with Crippen molar-refractivity contribution in [3.8, 4) is 11.6 Å². The summed E-state index contributed by atoms with van der Waals surface area (Å²) < 4.78 is 6.62. The lowest BCUT2D eigenvalue weighted by Gasteiger charge is -2.23. The van der Waals surface area contributed by atoms with Crippen molar-refractivity contribution in [1.29, 1.82) is 0 Å². The first-order valence-corrected chi connectivity index (χ1v) is 7.41. The first-order chi connectivity index (χ1) is 9.27. The van der Waals surface area contributed by atoms with Gasteiger partial charge in [-0.15, -0.1) is 0 Å². The molecule has 0 bridgehead atoms. The Kier molecular flexibility index (Phi) is 4.35. The Bertz CT molecular complexity index is 638. The maximum atomic E-state index is 5.95. The van der Waals surface area contributed by atoms with Gasteiger partial charge in [0.2, 0.25) is 11.2 Å². The van der Waals surface area contributed by atoms with Gasteiger partial charge in [0, 0.05) is 11.8 Å². The van der Waals surface area contributed by atoms with Crippen LogP contribution in [-0.4, -0.2) is 9.97 Å². The topological polar surface area (TPSA) is 35.0 Å². The third-order valence-electron chi connectivity index (χ3n) is 2.83. The SMILES string of the molecule is Cc1ccc(C(C)(C)C)c(Oc2nc(Cl)ncc2Br)c1. The molecule has 0 spiro atoms. The average Bonchev–Trinajstić information content (AvgIpc) is 2.32. The molecule has 1 heterocycles. The minimum Gasteiger partial charge on any atom is -0.437 e. The zero-order valence-corrected chi connectivity index (χ0v) is 14.2. The number of aryl methyl sites for hydroxylation is 1. The standard InChI is InChI=1S/C15H16BrClN2O/c1-9-5-6-10(15(2,3)4)12(7-9)20-13-11(16)8-18-14(17)19-13/h5-8H,1-4H3. The van der Waals surface area contributed by atoms with Gasteiger partial charge in [0.1, 0.15) is 5.75 Å². The maximum Gasteiger partial charge on any atom is 0.237 e. The summed E-state index contributed by atoms with van der Waals surface area (Å²) in [7, 11) is 0. The zero-order valence-electron chi connectivity index (χ0n) is 11.9. The lowest BCUT2D eigenvalue weighted by Crippen LogP contribution is -2.12. The highest BCUT2D eigenvalue weighted by atomic mass is 79.9. The van der Waals surface area contributed by atoms with Gasteiger partial charge in [-0.05, 0) is 51.5 Å². The molecule has 0 radical (unpaired) electrons. The monoisotopic (exact) mass is 354 g/mol. The number of hydrogen-bond acceptors (Lipinski definition) is 3. The summed E-state index contributed by atoms with van der Waals surface area (Å²) in [5.41, 5.74) is 2.22. The first-order valence-electron chi connectivity index (χ1n) is 6.24. The molecule has 2 aromatic rings. The number of ether oxygens (including phenoxy) is 1. The van der Waals surface area contributed by atoms with E-state index in [1.54, 1.807) is 6.20 Å². The summed E-state index contributed by atoms with van der Waals surface area (Å²) in [5, 5.41) is 0.160. The second kappa shape index (κ2) is 5.70. The second-order valence-electron chi connectivity index (χ2n) is 5.64. The van der Waals surface area contributed by atoms with E-state index < -0.39 is 0 Å². The van der Waals surface area contributed by atoms with Crippen molar-refractivity contribution in [2.24, 2.45) is 0 Å². The van der Waals surface area contributed by atoms with E-state index in [0.29, 0.717) is 10.4 Å². The molecule has 0 aliphatic carbocycles. The van der Waals surface area contributed by atoms with Crippen LogP contribution in [0.3, 0.4) is 0 Å². The van der Waals surface area contributed by atoms with Gasteiger partial charge >= 0.3 is 0 Å². The molecule has 0 aliphatic heterocycles. The minimum absolute atomic E-state index is 0.0215. The average molecular weight is 356 g/mol. The Hall–Kier alpha value is -1.13. The van der Waals surface area contributed by atoms with Crippen molar-refractivity contribution in [2.75, 3.05) is 0 Å². The minimum atomic E-state index is -0.0215. The third kappa shape index (κ3) is 3.49. The second-order valence-corrected chi connectivity index (χ2v) is 6.84. The van der Waals surface area contributed by atoms with E-state index in [1.165, 1.54) is 0 Å². The molecule has 3 nitrogen and oxygen atoms in total. The maximum absolute atomic E-state index is 5.95. The van der Waals surface area contributed by atoms with Gasteiger partial charge in [-0.3, -0.25) is 0 Å². The summed E-state index contributed by atoms with van der Waals surface area (Å²) in [6.07, 6.45) is 1.58. The zero-order chi connectivity index (χ0) is 14.9. The van der Waals surface area contributed by atoms with Gasteiger partial charge < -0.3 is 4.74 Å². The largest absolute Gasteiger partial charge is 0.437 e. The summed E-state index contributed by atoms with van der Waals surface area (Å²) >= 11 is 9.19. The molecule has 0 saturated carbocycles. The van der Waals surface area contributed by atoms with Crippen LogP contribution in [0.4, 0.5) is 0 Å². The number of benzene rings is 1. The highest BCUT2D eigenvalue weighted by Gasteiger charge is 2.20. The van der Waals surface area contributed by atoms with E-state index in [1.807, 2.05) is 13.0 Å². The Balaban J connectivity index is 2.47. The Morgan fingerprint density at radius 3 is 2.60 bits per heavy atom. The van der Waals surface area contributed by atoms with Crippen LogP contribution in [-0.2, 0) is 5.41 Å². The van der Waals surface area contributed by atoms with E-state index in [-0.39, 0.29) is 10.7 Å². The van der Waals surface area contributed by atoms with E-state index in [0.717, 1.165) is 16.9 Å². The van der Waals surface area contributed by atoms with Gasteiger partial charge in [-0.25, -0.2) is 4.98 Å². The number of rotatable bonds is 2. The summed E-state index contributed by atoms with van der Waals surface area (Å²) in [6.45, 7) is 8.47. The molecule has 1 aromatic heterocycles. The summed E-state index contributed by atoms with van der Waals surface area (Å²) in [5.74, 6) is 1.20. The highest BCUT2D eigenvalue weighted by Crippen LogP contribution is 2.36. The van der Waals surface area contributed by atoms with Crippen LogP contribution < -0.4 is 4.74 Å². The Morgan fingerprint density at radius 2 is 1.95 bits per heavy atom. The smallest absolute Gasteiger partial charge is 0.237 e. The lowest BCUT2D eigenvalue weighted by atomic mass is 9.86. The molecule has 20 heavy (non-hydrogen) atoms. The third-order valence-corrected chi connectivity index (χ3v) is 3.56. The Labute approximate surface area is 132 Å². The fourth-order valence-electron chi connectivity index (χ4n) is 1.84. The molecule has 106 valence electrons. The van der Waals surface area contributed by atoms with E-state index >= 15 is 0 Å². The van der Waals surface area contributed by atoms with Gasteiger partial charge in [0.25, 0.3) is 0 Å². The van der Waals surface area contributed by atoms with E-state index in [9.17, 15) is 0 Å². The predicted molar refractivity (Wildman–Crippen MR) is 84.7 cm³/mol. The normalized spacial score (nSPS) is 11.5. The molecule has 0 aliphatic rings. The number of aromatic nitrogens is 2. The van der Waals surface area contributed by atoms with Crippen molar-refractivity contribution < 1.29 is 4.74 Å². The van der Waals surface area contributed by atoms with Crippen LogP contribution in [0, 0.1) is 6.92 Å². The van der Waals surface area contributed by atoms with Crippen LogP contribution in [0.5, 0.6) is 11.6 Å². The van der Waals surface area contributed by atoms with Crippen molar-refractivity contribution in [1.82, 2.24) is 9.97 Å².